The number of ether oxygens (including phenoxy) is 2. The molecule has 188 valence electrons. The predicted octanol–water partition coefficient (Wildman–Crippen LogP) is 5.00. The van der Waals surface area contributed by atoms with Crippen LogP contribution >= 0.6 is 11.3 Å². The van der Waals surface area contributed by atoms with Crippen LogP contribution in [0.2, 0.25) is 0 Å². The molecule has 0 fully saturated rings. The molecule has 8 nitrogen and oxygen atoms in total. The first kappa shape index (κ1) is 25.9. The average Bonchev–Trinajstić information content (AvgIpc) is 3.36. The van der Waals surface area contributed by atoms with Gasteiger partial charge in [0.25, 0.3) is 10.0 Å². The number of nitriles is 1. The summed E-state index contributed by atoms with van der Waals surface area (Å²) in [5.74, 6) is 0.339. The van der Waals surface area contributed by atoms with Crippen LogP contribution in [0.4, 0.5) is 0 Å². The molecule has 1 aliphatic rings. The minimum Gasteiger partial charge on any atom is -0.490 e. The van der Waals surface area contributed by atoms with E-state index in [9.17, 15) is 13.7 Å². The Bertz CT molecular complexity index is 1410. The van der Waals surface area contributed by atoms with Gasteiger partial charge in [-0.1, -0.05) is 29.5 Å². The molecule has 2 aromatic carbocycles. The molecule has 0 N–H and O–H groups in total. The third-order valence-electron chi connectivity index (χ3n) is 5.87. The highest BCUT2D eigenvalue weighted by atomic mass is 32.2. The summed E-state index contributed by atoms with van der Waals surface area (Å²) in [4.78, 5) is 0. The van der Waals surface area contributed by atoms with E-state index in [0.717, 1.165) is 46.5 Å². The molecular formula is C26H28N4O4S2. The topological polar surface area (TPSA) is 115 Å². The summed E-state index contributed by atoms with van der Waals surface area (Å²) in [5, 5.41) is 19.9. The highest BCUT2D eigenvalue weighted by Gasteiger charge is 2.24. The fraction of sp³-hybridized carbons (Fsp3) is 0.385. The first-order chi connectivity index (χ1) is 17.3. The molecule has 36 heavy (non-hydrogen) atoms. The molecule has 10 heteroatoms. The number of rotatable bonds is 9. The van der Waals surface area contributed by atoms with Crippen molar-refractivity contribution < 1.29 is 17.9 Å². The average molecular weight is 525 g/mol. The van der Waals surface area contributed by atoms with Gasteiger partial charge in [-0.15, -0.1) is 10.2 Å². The largest absolute Gasteiger partial charge is 0.490 e. The molecule has 0 aliphatic heterocycles. The van der Waals surface area contributed by atoms with Gasteiger partial charge in [0.2, 0.25) is 0 Å². The Hall–Kier alpha value is -3.13. The molecule has 3 aromatic rings. The van der Waals surface area contributed by atoms with Crippen LogP contribution in [-0.2, 0) is 21.2 Å². The van der Waals surface area contributed by atoms with Crippen molar-refractivity contribution >= 4 is 27.6 Å². The quantitative estimate of drug-likeness (QED) is 0.362. The lowest BCUT2D eigenvalue weighted by Crippen LogP contribution is -2.14. The van der Waals surface area contributed by atoms with Crippen LogP contribution in [0.3, 0.4) is 0 Å². The van der Waals surface area contributed by atoms with E-state index in [2.05, 4.69) is 20.7 Å². The van der Waals surface area contributed by atoms with Crippen LogP contribution in [0.15, 0.2) is 40.8 Å². The maximum Gasteiger partial charge on any atom is 0.255 e. The fourth-order valence-electron chi connectivity index (χ4n) is 4.20. The summed E-state index contributed by atoms with van der Waals surface area (Å²) in [6, 6.07) is 13.7. The second-order valence-electron chi connectivity index (χ2n) is 8.81. The minimum atomic E-state index is -3.56. The van der Waals surface area contributed by atoms with Gasteiger partial charge in [-0.3, -0.25) is 0 Å². The Balaban J connectivity index is 1.62. The predicted molar refractivity (Wildman–Crippen MR) is 141 cm³/mol. The lowest BCUT2D eigenvalue weighted by molar-refractivity contribution is 0.217. The zero-order valence-corrected chi connectivity index (χ0v) is 22.1. The molecule has 0 spiro atoms. The van der Waals surface area contributed by atoms with E-state index in [1.54, 1.807) is 18.3 Å². The third-order valence-corrected chi connectivity index (χ3v) is 8.00. The zero-order chi connectivity index (χ0) is 25.7. The Kier molecular flexibility index (Phi) is 8.14. The van der Waals surface area contributed by atoms with Gasteiger partial charge < -0.3 is 9.47 Å². The molecule has 0 saturated carbocycles. The molecule has 4 rings (SSSR count). The third kappa shape index (κ3) is 5.98. The van der Waals surface area contributed by atoms with Crippen LogP contribution in [0.5, 0.6) is 5.75 Å². The second-order valence-corrected chi connectivity index (χ2v) is 11.6. The van der Waals surface area contributed by atoms with Crippen LogP contribution < -0.4 is 4.74 Å². The minimum absolute atomic E-state index is 0.0281. The molecule has 1 aromatic heterocycles. The van der Waals surface area contributed by atoms with Gasteiger partial charge in [-0.2, -0.15) is 9.66 Å². The van der Waals surface area contributed by atoms with E-state index in [1.165, 1.54) is 18.4 Å². The van der Waals surface area contributed by atoms with E-state index in [1.807, 2.05) is 38.1 Å². The Morgan fingerprint density at radius 1 is 1.25 bits per heavy atom. The second kappa shape index (κ2) is 11.3. The van der Waals surface area contributed by atoms with Gasteiger partial charge in [0, 0.05) is 30.4 Å². The smallest absolute Gasteiger partial charge is 0.255 e. The monoisotopic (exact) mass is 524 g/mol. The van der Waals surface area contributed by atoms with Crippen molar-refractivity contribution in [3.8, 4) is 33.0 Å². The molecule has 0 saturated heterocycles. The van der Waals surface area contributed by atoms with Gasteiger partial charge in [-0.25, -0.2) is 8.42 Å². The van der Waals surface area contributed by atoms with E-state index in [0.29, 0.717) is 16.3 Å². The number of sulfonamides is 1. The normalized spacial score (nSPS) is 15.7. The van der Waals surface area contributed by atoms with Crippen molar-refractivity contribution in [1.29, 1.82) is 5.26 Å². The molecular weight excluding hydrogens is 496 g/mol. The highest BCUT2D eigenvalue weighted by Crippen LogP contribution is 2.39. The number of hydrogen-bond donors (Lipinski definition) is 0. The summed E-state index contributed by atoms with van der Waals surface area (Å²) in [7, 11) is -2.09. The zero-order valence-electron chi connectivity index (χ0n) is 20.5. The van der Waals surface area contributed by atoms with E-state index in [4.69, 9.17) is 9.47 Å². The summed E-state index contributed by atoms with van der Waals surface area (Å²) < 4.78 is 38.8. The number of hydrogen-bond acceptors (Lipinski definition) is 8. The van der Waals surface area contributed by atoms with Crippen molar-refractivity contribution in [2.75, 3.05) is 19.5 Å². The van der Waals surface area contributed by atoms with Crippen molar-refractivity contribution in [2.24, 2.45) is 4.40 Å². The van der Waals surface area contributed by atoms with Crippen LogP contribution in [0.25, 0.3) is 21.1 Å². The molecule has 0 radical (unpaired) electrons. The summed E-state index contributed by atoms with van der Waals surface area (Å²) >= 11 is 1.46. The molecule has 1 atom stereocenters. The van der Waals surface area contributed by atoms with Crippen molar-refractivity contribution in [3.05, 3.63) is 53.1 Å². The molecule has 1 aliphatic carbocycles. The van der Waals surface area contributed by atoms with Gasteiger partial charge in [0.05, 0.1) is 24.0 Å². The lowest BCUT2D eigenvalue weighted by atomic mass is 9.81. The molecule has 1 unspecified atom stereocenters. The number of methoxy groups -OCH3 is 1. The first-order valence-corrected chi connectivity index (χ1v) is 14.2. The Morgan fingerprint density at radius 2 is 2.06 bits per heavy atom. The van der Waals surface area contributed by atoms with Gasteiger partial charge in [0.15, 0.2) is 0 Å². The fourth-order valence-corrected chi connectivity index (χ4v) is 5.91. The number of nitrogens with zero attached hydrogens (tertiary/aromatic N) is 4. The van der Waals surface area contributed by atoms with Gasteiger partial charge in [-0.05, 0) is 62.4 Å². The van der Waals surface area contributed by atoms with Crippen LogP contribution in [-0.4, -0.2) is 50.4 Å². The van der Waals surface area contributed by atoms with E-state index in [-0.39, 0.29) is 24.4 Å². The summed E-state index contributed by atoms with van der Waals surface area (Å²) in [6.45, 7) is 3.96. The van der Waals surface area contributed by atoms with Crippen molar-refractivity contribution in [2.45, 2.75) is 45.1 Å². The lowest BCUT2D eigenvalue weighted by Gasteiger charge is -2.24. The molecule has 1 heterocycles. The number of fused-ring (bicyclic) bond motifs is 1. The first-order valence-electron chi connectivity index (χ1n) is 11.7. The Labute approximate surface area is 215 Å². The number of benzene rings is 2. The van der Waals surface area contributed by atoms with Crippen LogP contribution in [0, 0.1) is 11.3 Å². The molecule has 0 bridgehead atoms. The summed E-state index contributed by atoms with van der Waals surface area (Å²) in [5.41, 5.74) is 4.48. The maximum absolute atomic E-state index is 12.2. The summed E-state index contributed by atoms with van der Waals surface area (Å²) in [6.07, 6.45) is 4.17. The van der Waals surface area contributed by atoms with E-state index >= 15 is 0 Å². The van der Waals surface area contributed by atoms with E-state index < -0.39 is 10.0 Å². The van der Waals surface area contributed by atoms with Crippen LogP contribution in [0.1, 0.15) is 49.3 Å². The molecule has 0 amide bonds. The van der Waals surface area contributed by atoms with Gasteiger partial charge in [0.1, 0.15) is 21.8 Å². The highest BCUT2D eigenvalue weighted by molar-refractivity contribution is 7.90. The van der Waals surface area contributed by atoms with Gasteiger partial charge >= 0.3 is 0 Å². The SMILES string of the molecule is COCCS(=O)(=O)N=CC1CCCc2c(-c3nnc(-c4ccc(OC(C)C)c(C#N)c4)s3)cccc21. The van der Waals surface area contributed by atoms with Crippen molar-refractivity contribution in [3.63, 3.8) is 0 Å². The standard InChI is InChI=1S/C26H28N4O4S2/c1-17(2)34-24-11-10-18(14-20(24)15-27)25-29-30-26(35-25)23-9-5-7-21-19(6-4-8-22(21)23)16-28-36(31,32)13-12-33-3/h5,7,9-11,14,16-17,19H,4,6,8,12-13H2,1-3H3. The number of aromatic nitrogens is 2. The van der Waals surface area contributed by atoms with Crippen molar-refractivity contribution in [1.82, 2.24) is 10.2 Å². The Morgan fingerprint density at radius 3 is 2.81 bits per heavy atom. The maximum atomic E-state index is 12.2.